The maximum absolute atomic E-state index is 13.9. The molecule has 1 atom stereocenters. The van der Waals surface area contributed by atoms with Crippen LogP contribution in [0.5, 0.6) is 0 Å². The van der Waals surface area contributed by atoms with Crippen LogP contribution in [0.2, 0.25) is 10.0 Å². The minimum absolute atomic E-state index is 0.00960. The fraction of sp³-hybridized carbons (Fsp3) is 0.310. The summed E-state index contributed by atoms with van der Waals surface area (Å²) in [5.74, 6) is -0.651. The van der Waals surface area contributed by atoms with Crippen LogP contribution in [0.3, 0.4) is 0 Å². The summed E-state index contributed by atoms with van der Waals surface area (Å²) in [6.45, 7) is 3.95. The van der Waals surface area contributed by atoms with E-state index in [-0.39, 0.29) is 29.7 Å². The Bertz CT molecular complexity index is 1370. The normalized spacial score (nSPS) is 12.4. The Labute approximate surface area is 240 Å². The fourth-order valence-electron chi connectivity index (χ4n) is 3.94. The van der Waals surface area contributed by atoms with Gasteiger partial charge in [-0.25, -0.2) is 8.42 Å². The van der Waals surface area contributed by atoms with E-state index in [4.69, 9.17) is 23.2 Å². The van der Waals surface area contributed by atoms with Crippen LogP contribution in [-0.4, -0.2) is 55.6 Å². The first-order valence-electron chi connectivity index (χ1n) is 12.6. The molecule has 3 rings (SSSR count). The smallest absolute Gasteiger partial charge is 0.243 e. The predicted molar refractivity (Wildman–Crippen MR) is 155 cm³/mol. The quantitative estimate of drug-likeness (QED) is 0.321. The molecule has 3 aromatic carbocycles. The number of carbonyl (C=O) groups is 2. The number of hydrogen-bond donors (Lipinski definition) is 1. The molecule has 1 N–H and O–H groups in total. The Hall–Kier alpha value is -2.91. The second-order valence-electron chi connectivity index (χ2n) is 9.67. The minimum Gasteiger partial charge on any atom is -0.354 e. The second kappa shape index (κ2) is 13.9. The molecule has 208 valence electrons. The lowest BCUT2D eigenvalue weighted by Crippen LogP contribution is -2.53. The summed E-state index contributed by atoms with van der Waals surface area (Å²) in [5, 5.41) is 3.78. The second-order valence-corrected chi connectivity index (χ2v) is 12.6. The van der Waals surface area contributed by atoms with Crippen LogP contribution in [-0.2, 0) is 32.6 Å². The number of carbonyl (C=O) groups excluding carboxylic acids is 2. The van der Waals surface area contributed by atoms with Crippen LogP contribution in [0, 0.1) is 5.92 Å². The van der Waals surface area contributed by atoms with Crippen LogP contribution in [0.4, 0.5) is 0 Å². The molecule has 0 saturated heterocycles. The van der Waals surface area contributed by atoms with Crippen molar-refractivity contribution in [3.05, 3.63) is 100 Å². The van der Waals surface area contributed by atoms with Gasteiger partial charge in [-0.05, 0) is 47.4 Å². The zero-order valence-corrected chi connectivity index (χ0v) is 24.5. The summed E-state index contributed by atoms with van der Waals surface area (Å²) in [6.07, 6.45) is 0.245. The first-order valence-corrected chi connectivity index (χ1v) is 14.7. The maximum Gasteiger partial charge on any atom is 0.243 e. The predicted octanol–water partition coefficient (Wildman–Crippen LogP) is 5.03. The molecule has 0 unspecified atom stereocenters. The van der Waals surface area contributed by atoms with Crippen molar-refractivity contribution in [2.24, 2.45) is 5.92 Å². The average Bonchev–Trinajstić information content (AvgIpc) is 2.91. The number of benzene rings is 3. The van der Waals surface area contributed by atoms with Gasteiger partial charge in [0, 0.05) is 36.6 Å². The number of nitrogens with one attached hydrogen (secondary N) is 1. The highest BCUT2D eigenvalue weighted by molar-refractivity contribution is 7.89. The molecule has 0 aliphatic carbocycles. The first kappa shape index (κ1) is 30.6. The van der Waals surface area contributed by atoms with E-state index in [1.54, 1.807) is 24.3 Å². The number of likely N-dealkylation sites (N-methyl/N-ethyl adjacent to an activating group) is 1. The molecule has 0 radical (unpaired) electrons. The summed E-state index contributed by atoms with van der Waals surface area (Å²) in [6, 6.07) is 21.3. The lowest BCUT2D eigenvalue weighted by Gasteiger charge is -2.33. The summed E-state index contributed by atoms with van der Waals surface area (Å²) in [4.78, 5) is 28.8. The molecule has 0 aliphatic rings. The van der Waals surface area contributed by atoms with Gasteiger partial charge in [-0.15, -0.1) is 0 Å². The van der Waals surface area contributed by atoms with Gasteiger partial charge in [-0.2, -0.15) is 4.31 Å². The maximum atomic E-state index is 13.9. The van der Waals surface area contributed by atoms with Gasteiger partial charge in [0.15, 0.2) is 0 Å². The van der Waals surface area contributed by atoms with Crippen molar-refractivity contribution in [2.45, 2.75) is 37.8 Å². The average molecular weight is 591 g/mol. The zero-order chi connectivity index (χ0) is 28.6. The number of nitrogens with zero attached hydrogens (tertiary/aromatic N) is 2. The summed E-state index contributed by atoms with van der Waals surface area (Å²) in [7, 11) is -2.66. The third-order valence-corrected chi connectivity index (χ3v) is 8.57. The molecule has 2 amide bonds. The largest absolute Gasteiger partial charge is 0.354 e. The lowest BCUT2D eigenvalue weighted by molar-refractivity contribution is -0.141. The van der Waals surface area contributed by atoms with Gasteiger partial charge in [0.25, 0.3) is 0 Å². The number of sulfonamides is 1. The molecule has 0 heterocycles. The summed E-state index contributed by atoms with van der Waals surface area (Å²) in [5.41, 5.74) is 1.51. The SMILES string of the molecule is CC(C)CNC(=O)[C@@H](Cc1ccccc1)N(Cc1ccccc1Cl)C(=O)CN(C)S(=O)(=O)c1ccc(Cl)cc1. The molecular formula is C29H33Cl2N3O4S. The fourth-order valence-corrected chi connectivity index (χ4v) is 5.38. The van der Waals surface area contributed by atoms with E-state index in [9.17, 15) is 18.0 Å². The first-order chi connectivity index (χ1) is 18.5. The van der Waals surface area contributed by atoms with Crippen molar-refractivity contribution in [1.82, 2.24) is 14.5 Å². The molecule has 0 saturated carbocycles. The van der Waals surface area contributed by atoms with E-state index < -0.39 is 28.5 Å². The van der Waals surface area contributed by atoms with E-state index in [0.29, 0.717) is 22.2 Å². The molecule has 0 aliphatic heterocycles. The van der Waals surface area contributed by atoms with Gasteiger partial charge in [-0.1, -0.05) is 85.6 Å². The van der Waals surface area contributed by atoms with Crippen LogP contribution in [0.1, 0.15) is 25.0 Å². The van der Waals surface area contributed by atoms with E-state index in [2.05, 4.69) is 5.32 Å². The van der Waals surface area contributed by atoms with Gasteiger partial charge in [0.1, 0.15) is 6.04 Å². The highest BCUT2D eigenvalue weighted by atomic mass is 35.5. The van der Waals surface area contributed by atoms with Gasteiger partial charge >= 0.3 is 0 Å². The molecule has 10 heteroatoms. The molecule has 0 fully saturated rings. The standard InChI is InChI=1S/C29H33Cl2N3O4S/c1-21(2)18-32-29(36)27(17-22-9-5-4-6-10-22)34(19-23-11-7-8-12-26(23)31)28(35)20-33(3)39(37,38)25-15-13-24(30)14-16-25/h4-16,21,27H,17-20H2,1-3H3,(H,32,36)/t27-/m1/s1. The van der Waals surface area contributed by atoms with Crippen molar-refractivity contribution in [3.63, 3.8) is 0 Å². The molecule has 39 heavy (non-hydrogen) atoms. The molecule has 7 nitrogen and oxygen atoms in total. The van der Waals surface area contributed by atoms with Gasteiger partial charge in [0.2, 0.25) is 21.8 Å². The third-order valence-electron chi connectivity index (χ3n) is 6.13. The van der Waals surface area contributed by atoms with Gasteiger partial charge < -0.3 is 10.2 Å². The van der Waals surface area contributed by atoms with Crippen molar-refractivity contribution in [1.29, 1.82) is 0 Å². The summed E-state index contributed by atoms with van der Waals surface area (Å²) >= 11 is 12.4. The van der Waals surface area contributed by atoms with Crippen LogP contribution >= 0.6 is 23.2 Å². The number of halogens is 2. The van der Waals surface area contributed by atoms with Gasteiger partial charge in [0.05, 0.1) is 11.4 Å². The monoisotopic (exact) mass is 589 g/mol. The minimum atomic E-state index is -3.99. The Morgan fingerprint density at radius 2 is 1.51 bits per heavy atom. The van der Waals surface area contributed by atoms with Crippen LogP contribution in [0.25, 0.3) is 0 Å². The molecule has 3 aromatic rings. The van der Waals surface area contributed by atoms with Crippen molar-refractivity contribution in [3.8, 4) is 0 Å². The highest BCUT2D eigenvalue weighted by Crippen LogP contribution is 2.22. The number of hydrogen-bond acceptors (Lipinski definition) is 4. The van der Waals surface area contributed by atoms with Crippen molar-refractivity contribution >= 4 is 45.0 Å². The van der Waals surface area contributed by atoms with E-state index in [0.717, 1.165) is 9.87 Å². The Kier molecular flexibility index (Phi) is 10.9. The van der Waals surface area contributed by atoms with E-state index >= 15 is 0 Å². The van der Waals surface area contributed by atoms with Gasteiger partial charge in [-0.3, -0.25) is 9.59 Å². The Morgan fingerprint density at radius 1 is 0.897 bits per heavy atom. The zero-order valence-electron chi connectivity index (χ0n) is 22.2. The van der Waals surface area contributed by atoms with E-state index in [1.165, 1.54) is 36.2 Å². The third kappa shape index (κ3) is 8.54. The molecule has 0 bridgehead atoms. The summed E-state index contributed by atoms with van der Waals surface area (Å²) < 4.78 is 27.4. The molecule has 0 spiro atoms. The van der Waals surface area contributed by atoms with Crippen LogP contribution in [0.15, 0.2) is 83.8 Å². The van der Waals surface area contributed by atoms with Crippen LogP contribution < -0.4 is 5.32 Å². The Morgan fingerprint density at radius 3 is 2.13 bits per heavy atom. The molecule has 0 aromatic heterocycles. The van der Waals surface area contributed by atoms with E-state index in [1.807, 2.05) is 44.2 Å². The Balaban J connectivity index is 1.97. The number of amides is 2. The van der Waals surface area contributed by atoms with Crippen molar-refractivity contribution in [2.75, 3.05) is 20.1 Å². The lowest BCUT2D eigenvalue weighted by atomic mass is 10.0. The van der Waals surface area contributed by atoms with Crippen molar-refractivity contribution < 1.29 is 18.0 Å². The number of rotatable bonds is 12. The topological polar surface area (TPSA) is 86.8 Å². The highest BCUT2D eigenvalue weighted by Gasteiger charge is 2.33. The molecular weight excluding hydrogens is 557 g/mol.